The number of likely N-dealkylation sites (tertiary alicyclic amines) is 1. The van der Waals surface area contributed by atoms with E-state index in [4.69, 9.17) is 4.74 Å². The normalized spacial score (nSPS) is 17.5. The predicted molar refractivity (Wildman–Crippen MR) is 169 cm³/mol. The SMILES string of the molecule is CCCCCCCC/C=C\CCCCCCCCN1C(C)(C)CC(OC(=O)Nc2ccc(C)cc2)CC1(C)C. The third-order valence-corrected chi connectivity index (χ3v) is 8.38. The number of amides is 1. The number of carbonyl (C=O) groups is 1. The topological polar surface area (TPSA) is 41.6 Å². The van der Waals surface area contributed by atoms with E-state index in [2.05, 4.69) is 57.0 Å². The summed E-state index contributed by atoms with van der Waals surface area (Å²) in [4.78, 5) is 15.2. The van der Waals surface area contributed by atoms with E-state index in [1.807, 2.05) is 31.2 Å². The van der Waals surface area contributed by atoms with Crippen molar-refractivity contribution < 1.29 is 9.53 Å². The molecule has 1 amide bonds. The Morgan fingerprint density at radius 2 is 1.31 bits per heavy atom. The van der Waals surface area contributed by atoms with Gasteiger partial charge in [-0.3, -0.25) is 10.2 Å². The second kappa shape index (κ2) is 17.8. The third kappa shape index (κ3) is 13.4. The van der Waals surface area contributed by atoms with E-state index < -0.39 is 0 Å². The Kier molecular flexibility index (Phi) is 15.2. The summed E-state index contributed by atoms with van der Waals surface area (Å²) in [6.45, 7) is 14.7. The molecule has 1 aliphatic heterocycles. The minimum Gasteiger partial charge on any atom is -0.446 e. The molecule has 0 saturated carbocycles. The Bertz CT molecular complexity index is 810. The number of aryl methyl sites for hydroxylation is 1. The van der Waals surface area contributed by atoms with E-state index in [0.29, 0.717) is 0 Å². The van der Waals surface area contributed by atoms with Gasteiger partial charge in [0, 0.05) is 29.6 Å². The van der Waals surface area contributed by atoms with Crippen molar-refractivity contribution in [2.24, 2.45) is 0 Å². The van der Waals surface area contributed by atoms with Crippen LogP contribution in [0.4, 0.5) is 10.5 Å². The number of hydrogen-bond donors (Lipinski definition) is 1. The van der Waals surface area contributed by atoms with Crippen LogP contribution in [0.2, 0.25) is 0 Å². The zero-order valence-corrected chi connectivity index (χ0v) is 26.3. The van der Waals surface area contributed by atoms with E-state index in [1.54, 1.807) is 0 Å². The number of rotatable bonds is 18. The molecule has 0 atom stereocenters. The summed E-state index contributed by atoms with van der Waals surface area (Å²) in [6.07, 6.45) is 24.9. The molecule has 0 radical (unpaired) electrons. The monoisotopic (exact) mass is 540 g/mol. The lowest BCUT2D eigenvalue weighted by atomic mass is 9.78. The van der Waals surface area contributed by atoms with Crippen LogP contribution in [-0.4, -0.2) is 34.7 Å². The Morgan fingerprint density at radius 3 is 1.85 bits per heavy atom. The van der Waals surface area contributed by atoms with Crippen molar-refractivity contribution in [3.63, 3.8) is 0 Å². The van der Waals surface area contributed by atoms with Gasteiger partial charge >= 0.3 is 6.09 Å². The number of unbranched alkanes of at least 4 members (excludes halogenated alkanes) is 12. The van der Waals surface area contributed by atoms with Crippen LogP contribution in [0, 0.1) is 6.92 Å². The molecular weight excluding hydrogens is 480 g/mol. The van der Waals surface area contributed by atoms with Gasteiger partial charge in [0.15, 0.2) is 0 Å². The zero-order chi connectivity index (χ0) is 28.6. The second-order valence-corrected chi connectivity index (χ2v) is 13.1. The van der Waals surface area contributed by atoms with Crippen molar-refractivity contribution in [2.75, 3.05) is 11.9 Å². The molecule has 0 aliphatic carbocycles. The minimum absolute atomic E-state index is 0.00159. The third-order valence-electron chi connectivity index (χ3n) is 8.38. The van der Waals surface area contributed by atoms with Crippen molar-refractivity contribution >= 4 is 11.8 Å². The first-order valence-corrected chi connectivity index (χ1v) is 16.1. The Labute approximate surface area is 241 Å². The smallest absolute Gasteiger partial charge is 0.411 e. The molecular formula is C35H60N2O2. The van der Waals surface area contributed by atoms with Crippen LogP contribution in [0.1, 0.15) is 143 Å². The van der Waals surface area contributed by atoms with Crippen molar-refractivity contribution in [1.82, 2.24) is 4.90 Å². The van der Waals surface area contributed by atoms with Crippen LogP contribution < -0.4 is 5.32 Å². The van der Waals surface area contributed by atoms with Gasteiger partial charge in [-0.25, -0.2) is 4.79 Å². The summed E-state index contributed by atoms with van der Waals surface area (Å²) in [5.74, 6) is 0. The van der Waals surface area contributed by atoms with Gasteiger partial charge in [0.05, 0.1) is 0 Å². The average molecular weight is 541 g/mol. The summed E-state index contributed by atoms with van der Waals surface area (Å²) < 4.78 is 5.90. The van der Waals surface area contributed by atoms with Gasteiger partial charge in [-0.15, -0.1) is 0 Å². The maximum absolute atomic E-state index is 12.6. The molecule has 0 unspecified atom stereocenters. The van der Waals surface area contributed by atoms with Gasteiger partial charge in [-0.2, -0.15) is 0 Å². The standard InChI is InChI=1S/C35H60N2O2/c1-7-8-9-10-11-12-13-14-15-16-17-18-19-20-21-22-27-37-34(3,4)28-32(29-35(37,5)6)39-33(38)36-31-25-23-30(2)24-26-31/h14-15,23-26,32H,7-13,16-22,27-29H2,1-6H3,(H,36,38)/b15-14-. The molecule has 4 heteroatoms. The van der Waals surface area contributed by atoms with Crippen LogP contribution in [0.15, 0.2) is 36.4 Å². The van der Waals surface area contributed by atoms with Crippen molar-refractivity contribution in [1.29, 1.82) is 0 Å². The lowest BCUT2D eigenvalue weighted by molar-refractivity contribution is -0.0821. The highest BCUT2D eigenvalue weighted by molar-refractivity contribution is 5.84. The highest BCUT2D eigenvalue weighted by Crippen LogP contribution is 2.40. The summed E-state index contributed by atoms with van der Waals surface area (Å²) >= 11 is 0. The molecule has 0 aromatic heterocycles. The number of carbonyl (C=O) groups excluding carboxylic acids is 1. The Hall–Kier alpha value is -1.81. The minimum atomic E-state index is -0.350. The number of allylic oxidation sites excluding steroid dienone is 2. The zero-order valence-electron chi connectivity index (χ0n) is 26.3. The average Bonchev–Trinajstić information content (AvgIpc) is 2.85. The first-order chi connectivity index (χ1) is 18.6. The highest BCUT2D eigenvalue weighted by atomic mass is 16.6. The molecule has 1 saturated heterocycles. The fourth-order valence-corrected chi connectivity index (χ4v) is 6.37. The molecule has 1 aliphatic rings. The van der Waals surface area contributed by atoms with Gasteiger partial charge < -0.3 is 4.74 Å². The lowest BCUT2D eigenvalue weighted by Crippen LogP contribution is -2.62. The second-order valence-electron chi connectivity index (χ2n) is 13.1. The number of nitrogens with one attached hydrogen (secondary N) is 1. The highest BCUT2D eigenvalue weighted by Gasteiger charge is 2.46. The summed E-state index contributed by atoms with van der Waals surface area (Å²) in [5.41, 5.74) is 1.95. The van der Waals surface area contributed by atoms with E-state index in [9.17, 15) is 4.79 Å². The van der Waals surface area contributed by atoms with E-state index in [0.717, 1.165) is 25.1 Å². The molecule has 1 N–H and O–H groups in total. The van der Waals surface area contributed by atoms with Crippen molar-refractivity contribution in [2.45, 2.75) is 161 Å². The van der Waals surface area contributed by atoms with E-state index >= 15 is 0 Å². The van der Waals surface area contributed by atoms with Gasteiger partial charge in [0.1, 0.15) is 6.10 Å². The summed E-state index contributed by atoms with van der Waals surface area (Å²) in [5, 5.41) is 2.89. The number of ether oxygens (including phenoxy) is 1. The summed E-state index contributed by atoms with van der Waals surface area (Å²) in [6, 6.07) is 7.83. The number of hydrogen-bond acceptors (Lipinski definition) is 3. The number of anilines is 1. The van der Waals surface area contributed by atoms with Crippen molar-refractivity contribution in [3.8, 4) is 0 Å². The number of benzene rings is 1. The van der Waals surface area contributed by atoms with Gasteiger partial charge in [0.25, 0.3) is 0 Å². The van der Waals surface area contributed by atoms with E-state index in [1.165, 1.54) is 95.5 Å². The fraction of sp³-hybridized carbons (Fsp3) is 0.743. The Morgan fingerprint density at radius 1 is 0.821 bits per heavy atom. The quantitative estimate of drug-likeness (QED) is 0.149. The van der Waals surface area contributed by atoms with Gasteiger partial charge in [-0.1, -0.05) is 94.6 Å². The largest absolute Gasteiger partial charge is 0.446 e. The molecule has 4 nitrogen and oxygen atoms in total. The number of piperidine rings is 1. The molecule has 222 valence electrons. The Balaban J connectivity index is 1.58. The molecule has 1 aromatic carbocycles. The fourth-order valence-electron chi connectivity index (χ4n) is 6.37. The maximum atomic E-state index is 12.6. The first-order valence-electron chi connectivity index (χ1n) is 16.1. The summed E-state index contributed by atoms with van der Waals surface area (Å²) in [7, 11) is 0. The molecule has 39 heavy (non-hydrogen) atoms. The molecule has 1 heterocycles. The van der Waals surface area contributed by atoms with Crippen LogP contribution in [0.25, 0.3) is 0 Å². The van der Waals surface area contributed by atoms with Gasteiger partial charge in [-0.05, 0) is 85.4 Å². The molecule has 0 bridgehead atoms. The van der Waals surface area contributed by atoms with Crippen LogP contribution in [0.5, 0.6) is 0 Å². The predicted octanol–water partition coefficient (Wildman–Crippen LogP) is 10.6. The molecule has 1 fully saturated rings. The molecule has 0 spiro atoms. The number of nitrogens with zero attached hydrogens (tertiary/aromatic N) is 1. The van der Waals surface area contributed by atoms with Gasteiger partial charge in [0.2, 0.25) is 0 Å². The van der Waals surface area contributed by atoms with Crippen LogP contribution in [-0.2, 0) is 4.74 Å². The van der Waals surface area contributed by atoms with Crippen molar-refractivity contribution in [3.05, 3.63) is 42.0 Å². The maximum Gasteiger partial charge on any atom is 0.411 e. The van der Waals surface area contributed by atoms with E-state index in [-0.39, 0.29) is 23.3 Å². The first kappa shape index (κ1) is 33.4. The molecule has 1 aromatic rings. The molecule has 2 rings (SSSR count). The van der Waals surface area contributed by atoms with Crippen LogP contribution >= 0.6 is 0 Å². The lowest BCUT2D eigenvalue weighted by Gasteiger charge is -2.55. The van der Waals surface area contributed by atoms with Crippen LogP contribution in [0.3, 0.4) is 0 Å².